The van der Waals surface area contributed by atoms with E-state index in [4.69, 9.17) is 21.1 Å². The molecule has 0 N–H and O–H groups in total. The van der Waals surface area contributed by atoms with Crippen LogP contribution in [0.3, 0.4) is 0 Å². The minimum absolute atomic E-state index is 0.0215. The topological polar surface area (TPSA) is 51.7 Å². The van der Waals surface area contributed by atoms with Crippen molar-refractivity contribution < 1.29 is 14.3 Å². The van der Waals surface area contributed by atoms with E-state index in [9.17, 15) is 4.79 Å². The van der Waals surface area contributed by atoms with Gasteiger partial charge in [-0.25, -0.2) is 0 Å². The minimum atomic E-state index is -0.0215. The molecule has 6 heteroatoms. The Balaban J connectivity index is 1.45. The summed E-state index contributed by atoms with van der Waals surface area (Å²) in [5.41, 5.74) is 5.22. The first kappa shape index (κ1) is 25.6. The van der Waals surface area contributed by atoms with Gasteiger partial charge in [0.15, 0.2) is 0 Å². The molecule has 3 aliphatic rings. The fraction of sp³-hybridized carbons (Fsp3) is 0.419. The SMILES string of the molecule is COc1cc(Cl)cc(N(CC23CCC(c4ccc(OC)c(C)c4)(CC2)CC3)C(=O)c2ccncc2C)c1. The third-order valence-corrected chi connectivity index (χ3v) is 9.02. The number of hydrogen-bond acceptors (Lipinski definition) is 4. The molecule has 194 valence electrons. The second-order valence-electron chi connectivity index (χ2n) is 10.9. The molecule has 6 rings (SSSR count). The van der Waals surface area contributed by atoms with Crippen LogP contribution in [0.5, 0.6) is 11.5 Å². The van der Waals surface area contributed by atoms with Gasteiger partial charge in [0.1, 0.15) is 11.5 Å². The molecule has 2 bridgehead atoms. The van der Waals surface area contributed by atoms with Crippen molar-refractivity contribution in [2.24, 2.45) is 5.41 Å². The Bertz CT molecular complexity index is 1300. The first-order valence-corrected chi connectivity index (χ1v) is 13.4. The van der Waals surface area contributed by atoms with Crippen LogP contribution in [0.2, 0.25) is 5.02 Å². The van der Waals surface area contributed by atoms with E-state index in [2.05, 4.69) is 30.1 Å². The maximum atomic E-state index is 14.0. The minimum Gasteiger partial charge on any atom is -0.497 e. The summed E-state index contributed by atoms with van der Waals surface area (Å²) in [6, 6.07) is 14.0. The second-order valence-corrected chi connectivity index (χ2v) is 11.3. The number of carbonyl (C=O) groups excluding carboxylic acids is 1. The first-order valence-electron chi connectivity index (χ1n) is 13.0. The highest BCUT2D eigenvalue weighted by Crippen LogP contribution is 2.58. The van der Waals surface area contributed by atoms with Crippen LogP contribution in [-0.2, 0) is 5.41 Å². The van der Waals surface area contributed by atoms with E-state index >= 15 is 0 Å². The van der Waals surface area contributed by atoms with Gasteiger partial charge in [-0.15, -0.1) is 0 Å². The lowest BCUT2D eigenvalue weighted by Crippen LogP contribution is -2.50. The predicted molar refractivity (Wildman–Crippen MR) is 148 cm³/mol. The number of aromatic nitrogens is 1. The molecule has 0 spiro atoms. The van der Waals surface area contributed by atoms with Crippen LogP contribution >= 0.6 is 11.6 Å². The van der Waals surface area contributed by atoms with Crippen molar-refractivity contribution in [1.29, 1.82) is 0 Å². The molecule has 0 radical (unpaired) electrons. The Morgan fingerprint density at radius 2 is 1.68 bits per heavy atom. The summed E-state index contributed by atoms with van der Waals surface area (Å²) in [4.78, 5) is 20.1. The summed E-state index contributed by atoms with van der Waals surface area (Å²) >= 11 is 6.46. The number of carbonyl (C=O) groups is 1. The average Bonchev–Trinajstić information content (AvgIpc) is 2.92. The number of ether oxygens (including phenoxy) is 2. The van der Waals surface area contributed by atoms with E-state index < -0.39 is 0 Å². The third-order valence-electron chi connectivity index (χ3n) is 8.80. The Morgan fingerprint density at radius 1 is 0.946 bits per heavy atom. The lowest BCUT2D eigenvalue weighted by Gasteiger charge is -2.55. The summed E-state index contributed by atoms with van der Waals surface area (Å²) < 4.78 is 11.0. The highest BCUT2D eigenvalue weighted by atomic mass is 35.5. The molecule has 37 heavy (non-hydrogen) atoms. The average molecular weight is 519 g/mol. The van der Waals surface area contributed by atoms with E-state index in [1.165, 1.54) is 11.1 Å². The monoisotopic (exact) mass is 518 g/mol. The van der Waals surface area contributed by atoms with E-state index in [-0.39, 0.29) is 16.7 Å². The molecular formula is C31H35ClN2O3. The molecule has 1 aromatic heterocycles. The molecule has 0 aliphatic heterocycles. The number of rotatable bonds is 7. The number of halogens is 1. The van der Waals surface area contributed by atoms with Crippen molar-refractivity contribution in [3.05, 3.63) is 82.1 Å². The standard InChI is InChI=1S/C31H35ClN2O3/c1-21-15-23(5-6-28(21)37-4)31-11-8-30(9-12-31,10-13-31)20-34(25-16-24(32)17-26(18-25)36-3)29(35)27-7-14-33-19-22(27)2/h5-7,14-19H,8-13,20H2,1-4H3. The zero-order chi connectivity index (χ0) is 26.2. The van der Waals surface area contributed by atoms with Crippen LogP contribution in [0, 0.1) is 19.3 Å². The Labute approximate surface area is 224 Å². The lowest BCUT2D eigenvalue weighted by atomic mass is 9.51. The van der Waals surface area contributed by atoms with Gasteiger partial charge in [0.05, 0.1) is 14.2 Å². The number of anilines is 1. The van der Waals surface area contributed by atoms with E-state index in [1.807, 2.05) is 30.0 Å². The molecule has 5 nitrogen and oxygen atoms in total. The molecule has 3 aromatic rings. The van der Waals surface area contributed by atoms with E-state index in [0.29, 0.717) is 22.9 Å². The fourth-order valence-electron chi connectivity index (χ4n) is 6.44. The molecule has 0 atom stereocenters. The molecule has 1 heterocycles. The second kappa shape index (κ2) is 10.0. The smallest absolute Gasteiger partial charge is 0.258 e. The van der Waals surface area contributed by atoms with Crippen molar-refractivity contribution in [3.63, 3.8) is 0 Å². The number of pyridine rings is 1. The Hall–Kier alpha value is -3.05. The molecule has 0 saturated heterocycles. The van der Waals surface area contributed by atoms with Gasteiger partial charge in [0, 0.05) is 41.3 Å². The molecule has 1 amide bonds. The molecule has 0 unspecified atom stereocenters. The zero-order valence-corrected chi connectivity index (χ0v) is 22.9. The molecule has 3 fully saturated rings. The molecular weight excluding hydrogens is 484 g/mol. The number of aryl methyl sites for hydroxylation is 2. The normalized spacial score (nSPS) is 22.5. The maximum Gasteiger partial charge on any atom is 0.258 e. The van der Waals surface area contributed by atoms with Crippen LogP contribution in [0.15, 0.2) is 54.9 Å². The summed E-state index contributed by atoms with van der Waals surface area (Å²) in [5, 5.41) is 0.553. The zero-order valence-electron chi connectivity index (χ0n) is 22.1. The Kier molecular flexibility index (Phi) is 6.93. The number of hydrogen-bond donors (Lipinski definition) is 0. The summed E-state index contributed by atoms with van der Waals surface area (Å²) in [6.07, 6.45) is 10.1. The van der Waals surface area contributed by atoms with Gasteiger partial charge < -0.3 is 14.4 Å². The first-order chi connectivity index (χ1) is 17.8. The van der Waals surface area contributed by atoms with Gasteiger partial charge in [-0.1, -0.05) is 23.7 Å². The van der Waals surface area contributed by atoms with Gasteiger partial charge in [-0.2, -0.15) is 0 Å². The fourth-order valence-corrected chi connectivity index (χ4v) is 6.66. The maximum absolute atomic E-state index is 14.0. The Morgan fingerprint density at radius 3 is 2.30 bits per heavy atom. The number of amides is 1. The van der Waals surface area contributed by atoms with Gasteiger partial charge in [0.2, 0.25) is 0 Å². The van der Waals surface area contributed by atoms with Crippen molar-refractivity contribution in [1.82, 2.24) is 4.98 Å². The predicted octanol–water partition coefficient (Wildman–Crippen LogP) is 7.31. The highest BCUT2D eigenvalue weighted by Gasteiger charge is 2.50. The number of methoxy groups -OCH3 is 2. The van der Waals surface area contributed by atoms with Gasteiger partial charge in [-0.05, 0) is 104 Å². The third kappa shape index (κ3) is 4.82. The van der Waals surface area contributed by atoms with Crippen molar-refractivity contribution >= 4 is 23.2 Å². The largest absolute Gasteiger partial charge is 0.497 e. The van der Waals surface area contributed by atoms with Gasteiger partial charge in [-0.3, -0.25) is 9.78 Å². The van der Waals surface area contributed by atoms with E-state index in [0.717, 1.165) is 55.5 Å². The van der Waals surface area contributed by atoms with Crippen LogP contribution in [0.1, 0.15) is 65.6 Å². The van der Waals surface area contributed by atoms with Crippen molar-refractivity contribution in [2.75, 3.05) is 25.7 Å². The van der Waals surface area contributed by atoms with Crippen LogP contribution in [-0.4, -0.2) is 31.7 Å². The molecule has 3 saturated carbocycles. The summed E-state index contributed by atoms with van der Waals surface area (Å²) in [7, 11) is 3.35. The van der Waals surface area contributed by atoms with Crippen LogP contribution in [0.25, 0.3) is 0 Å². The van der Waals surface area contributed by atoms with Crippen molar-refractivity contribution in [2.45, 2.75) is 57.8 Å². The van der Waals surface area contributed by atoms with Gasteiger partial charge in [0.25, 0.3) is 5.91 Å². The highest BCUT2D eigenvalue weighted by molar-refractivity contribution is 6.31. The lowest BCUT2D eigenvalue weighted by molar-refractivity contribution is 0.0441. The molecule has 2 aromatic carbocycles. The number of nitrogens with zero attached hydrogens (tertiary/aromatic N) is 2. The van der Waals surface area contributed by atoms with Crippen LogP contribution < -0.4 is 14.4 Å². The van der Waals surface area contributed by atoms with Crippen molar-refractivity contribution in [3.8, 4) is 11.5 Å². The quantitative estimate of drug-likeness (QED) is 0.329. The molecule has 3 aliphatic carbocycles. The summed E-state index contributed by atoms with van der Waals surface area (Å²) in [5.74, 6) is 1.57. The van der Waals surface area contributed by atoms with E-state index in [1.54, 1.807) is 32.7 Å². The van der Waals surface area contributed by atoms with Crippen LogP contribution in [0.4, 0.5) is 5.69 Å². The number of benzene rings is 2. The number of fused-ring (bicyclic) bond motifs is 3. The van der Waals surface area contributed by atoms with Gasteiger partial charge >= 0.3 is 0 Å². The summed E-state index contributed by atoms with van der Waals surface area (Å²) in [6.45, 7) is 4.72.